The highest BCUT2D eigenvalue weighted by Gasteiger charge is 2.12. The largest absolute Gasteiger partial charge is 0.488 e. The van der Waals surface area contributed by atoms with E-state index in [1.165, 1.54) is 0 Å². The number of carbonyl (C=O) groups excluding carboxylic acids is 1. The van der Waals surface area contributed by atoms with Gasteiger partial charge in [-0.2, -0.15) is 0 Å². The molecule has 0 saturated heterocycles. The average Bonchev–Trinajstić information content (AvgIpc) is 2.62. The van der Waals surface area contributed by atoms with E-state index in [1.807, 2.05) is 43.3 Å². The predicted octanol–water partition coefficient (Wildman–Crippen LogP) is 4.22. The Bertz CT molecular complexity index is 832. The molecule has 0 bridgehead atoms. The van der Waals surface area contributed by atoms with Crippen molar-refractivity contribution in [2.24, 2.45) is 0 Å². The van der Waals surface area contributed by atoms with Crippen molar-refractivity contribution in [2.75, 3.05) is 5.32 Å². The highest BCUT2D eigenvalue weighted by molar-refractivity contribution is 6.06. The number of pyridine rings is 1. The normalized spacial score (nSPS) is 10.2. The number of rotatable bonds is 5. The van der Waals surface area contributed by atoms with Gasteiger partial charge in [0.1, 0.15) is 12.4 Å². The van der Waals surface area contributed by atoms with E-state index in [9.17, 15) is 4.79 Å². The summed E-state index contributed by atoms with van der Waals surface area (Å²) in [6, 6.07) is 18.8. The van der Waals surface area contributed by atoms with Crippen molar-refractivity contribution < 1.29 is 9.53 Å². The minimum Gasteiger partial charge on any atom is -0.488 e. The molecule has 3 aromatic rings. The Balaban J connectivity index is 1.75. The molecule has 0 atom stereocenters. The predicted molar refractivity (Wildman–Crippen MR) is 94.1 cm³/mol. The lowest BCUT2D eigenvalue weighted by molar-refractivity contribution is 0.102. The summed E-state index contributed by atoms with van der Waals surface area (Å²) in [6.45, 7) is 2.46. The van der Waals surface area contributed by atoms with Gasteiger partial charge in [-0.15, -0.1) is 0 Å². The lowest BCUT2D eigenvalue weighted by Gasteiger charge is -2.12. The summed E-state index contributed by atoms with van der Waals surface area (Å²) in [7, 11) is 0. The van der Waals surface area contributed by atoms with Crippen LogP contribution in [0.5, 0.6) is 5.75 Å². The summed E-state index contributed by atoms with van der Waals surface area (Å²) >= 11 is 0. The number of nitrogens with zero attached hydrogens (tertiary/aromatic N) is 1. The van der Waals surface area contributed by atoms with E-state index in [4.69, 9.17) is 4.74 Å². The summed E-state index contributed by atoms with van der Waals surface area (Å²) in [5.41, 5.74) is 3.40. The Morgan fingerprint density at radius 1 is 1.04 bits per heavy atom. The van der Waals surface area contributed by atoms with Gasteiger partial charge in [0.2, 0.25) is 0 Å². The maximum absolute atomic E-state index is 12.5. The van der Waals surface area contributed by atoms with Gasteiger partial charge in [0.05, 0.1) is 17.4 Å². The summed E-state index contributed by atoms with van der Waals surface area (Å²) < 4.78 is 5.89. The Hall–Kier alpha value is -3.14. The first-order valence-corrected chi connectivity index (χ1v) is 7.72. The Morgan fingerprint density at radius 2 is 1.83 bits per heavy atom. The number of aromatic nitrogens is 1. The lowest BCUT2D eigenvalue weighted by Crippen LogP contribution is -2.13. The molecule has 0 aliphatic heterocycles. The molecule has 1 heterocycles. The van der Waals surface area contributed by atoms with Crippen molar-refractivity contribution in [3.05, 3.63) is 89.7 Å². The minimum atomic E-state index is -0.219. The van der Waals surface area contributed by atoms with E-state index < -0.39 is 0 Å². The Morgan fingerprint density at radius 3 is 2.62 bits per heavy atom. The van der Waals surface area contributed by atoms with Crippen molar-refractivity contribution in [2.45, 2.75) is 13.5 Å². The maximum atomic E-state index is 12.5. The average molecular weight is 318 g/mol. The van der Waals surface area contributed by atoms with Gasteiger partial charge < -0.3 is 10.1 Å². The van der Waals surface area contributed by atoms with Crippen molar-refractivity contribution in [3.63, 3.8) is 0 Å². The second kappa shape index (κ2) is 7.42. The fourth-order valence-electron chi connectivity index (χ4n) is 2.34. The molecule has 0 aliphatic carbocycles. The molecular formula is C20H18N2O2. The number of aryl methyl sites for hydroxylation is 1. The maximum Gasteiger partial charge on any atom is 0.259 e. The van der Waals surface area contributed by atoms with E-state index in [0.717, 1.165) is 11.1 Å². The van der Waals surface area contributed by atoms with Crippen molar-refractivity contribution in [1.29, 1.82) is 0 Å². The minimum absolute atomic E-state index is 0.219. The first-order valence-electron chi connectivity index (χ1n) is 7.72. The molecule has 4 nitrogen and oxygen atoms in total. The molecule has 4 heteroatoms. The molecule has 0 unspecified atom stereocenters. The van der Waals surface area contributed by atoms with Gasteiger partial charge in [0.25, 0.3) is 5.91 Å². The molecule has 1 amide bonds. The number of hydrogen-bond donors (Lipinski definition) is 1. The highest BCUT2D eigenvalue weighted by atomic mass is 16.5. The third kappa shape index (κ3) is 3.79. The van der Waals surface area contributed by atoms with Gasteiger partial charge in [-0.05, 0) is 42.3 Å². The summed E-state index contributed by atoms with van der Waals surface area (Å²) in [5, 5.41) is 2.83. The molecule has 0 fully saturated rings. The first-order chi connectivity index (χ1) is 11.7. The lowest BCUT2D eigenvalue weighted by atomic mass is 10.1. The number of benzene rings is 2. The molecule has 3 rings (SSSR count). The van der Waals surface area contributed by atoms with E-state index in [1.54, 1.807) is 36.7 Å². The van der Waals surface area contributed by atoms with Gasteiger partial charge in [-0.25, -0.2) is 0 Å². The molecule has 0 aliphatic rings. The molecule has 1 aromatic heterocycles. The van der Waals surface area contributed by atoms with Gasteiger partial charge in [-0.1, -0.05) is 36.4 Å². The molecule has 0 saturated carbocycles. The number of para-hydroxylation sites is 1. The Labute approximate surface area is 141 Å². The van der Waals surface area contributed by atoms with Crippen LogP contribution in [0.3, 0.4) is 0 Å². The van der Waals surface area contributed by atoms with Crippen LogP contribution in [0.25, 0.3) is 0 Å². The van der Waals surface area contributed by atoms with E-state index in [-0.39, 0.29) is 5.91 Å². The first kappa shape index (κ1) is 15.7. The zero-order valence-electron chi connectivity index (χ0n) is 13.4. The van der Waals surface area contributed by atoms with Crippen LogP contribution in [0.2, 0.25) is 0 Å². The molecule has 0 spiro atoms. The van der Waals surface area contributed by atoms with E-state index in [2.05, 4.69) is 10.3 Å². The molecule has 1 N–H and O–H groups in total. The third-order valence-electron chi connectivity index (χ3n) is 3.70. The van der Waals surface area contributed by atoms with Gasteiger partial charge in [0.15, 0.2) is 0 Å². The number of carbonyl (C=O) groups is 1. The highest BCUT2D eigenvalue weighted by Crippen LogP contribution is 2.21. The van der Waals surface area contributed by atoms with Gasteiger partial charge >= 0.3 is 0 Å². The van der Waals surface area contributed by atoms with Crippen molar-refractivity contribution in [1.82, 2.24) is 4.98 Å². The summed E-state index contributed by atoms with van der Waals surface area (Å²) in [5.74, 6) is 0.338. The Kier molecular flexibility index (Phi) is 4.87. The van der Waals surface area contributed by atoms with Crippen LogP contribution in [0.4, 0.5) is 5.69 Å². The summed E-state index contributed by atoms with van der Waals surface area (Å²) in [4.78, 5) is 16.5. The fourth-order valence-corrected chi connectivity index (χ4v) is 2.34. The van der Waals surface area contributed by atoms with Gasteiger partial charge in [0, 0.05) is 6.20 Å². The van der Waals surface area contributed by atoms with Crippen LogP contribution in [-0.2, 0) is 6.61 Å². The zero-order valence-corrected chi connectivity index (χ0v) is 13.4. The van der Waals surface area contributed by atoms with Crippen molar-refractivity contribution >= 4 is 11.6 Å². The van der Waals surface area contributed by atoms with E-state index >= 15 is 0 Å². The number of amides is 1. The van der Waals surface area contributed by atoms with Crippen LogP contribution < -0.4 is 10.1 Å². The quantitative estimate of drug-likeness (QED) is 0.766. The smallest absolute Gasteiger partial charge is 0.259 e. The standard InChI is InChI=1S/C20H18N2O2/c1-15-7-2-3-8-16(15)14-24-19-11-5-4-10-18(19)20(23)22-17-9-6-12-21-13-17/h2-13H,14H2,1H3,(H,22,23). The van der Waals surface area contributed by atoms with Crippen LogP contribution in [0.15, 0.2) is 73.1 Å². The van der Waals surface area contributed by atoms with Crippen LogP contribution in [0, 0.1) is 6.92 Å². The van der Waals surface area contributed by atoms with Crippen LogP contribution in [0.1, 0.15) is 21.5 Å². The second-order valence-corrected chi connectivity index (χ2v) is 5.41. The zero-order chi connectivity index (χ0) is 16.8. The molecular weight excluding hydrogens is 300 g/mol. The molecule has 0 radical (unpaired) electrons. The topological polar surface area (TPSA) is 51.2 Å². The van der Waals surface area contributed by atoms with Crippen LogP contribution in [-0.4, -0.2) is 10.9 Å². The summed E-state index contributed by atoms with van der Waals surface area (Å²) in [6.07, 6.45) is 3.27. The molecule has 24 heavy (non-hydrogen) atoms. The fraction of sp³-hybridized carbons (Fsp3) is 0.100. The second-order valence-electron chi connectivity index (χ2n) is 5.41. The van der Waals surface area contributed by atoms with Gasteiger partial charge in [-0.3, -0.25) is 9.78 Å². The van der Waals surface area contributed by atoms with Crippen LogP contribution >= 0.6 is 0 Å². The third-order valence-corrected chi connectivity index (χ3v) is 3.70. The monoisotopic (exact) mass is 318 g/mol. The number of ether oxygens (including phenoxy) is 1. The molecule has 2 aromatic carbocycles. The van der Waals surface area contributed by atoms with Crippen molar-refractivity contribution in [3.8, 4) is 5.75 Å². The van der Waals surface area contributed by atoms with E-state index in [0.29, 0.717) is 23.6 Å². The number of nitrogens with one attached hydrogen (secondary N) is 1. The molecule has 120 valence electrons. The number of anilines is 1. The SMILES string of the molecule is Cc1ccccc1COc1ccccc1C(=O)Nc1cccnc1. The number of hydrogen-bond acceptors (Lipinski definition) is 3.